The number of rotatable bonds is 2. The fraction of sp³-hybridized carbons (Fsp3) is 0.733. The summed E-state index contributed by atoms with van der Waals surface area (Å²) in [6, 6.07) is 2.06. The molecule has 1 amide bonds. The summed E-state index contributed by atoms with van der Waals surface area (Å²) in [5, 5.41) is 11.0. The van der Waals surface area contributed by atoms with Crippen LogP contribution >= 0.6 is 0 Å². The van der Waals surface area contributed by atoms with Crippen LogP contribution in [-0.4, -0.2) is 33.8 Å². The maximum absolute atomic E-state index is 12.3. The molecule has 3 rings (SSSR count). The van der Waals surface area contributed by atoms with Crippen molar-refractivity contribution in [3.63, 3.8) is 0 Å². The first kappa shape index (κ1) is 13.6. The molecule has 2 heterocycles. The molecule has 1 aliphatic carbocycles. The number of hydrogen-bond donors (Lipinski definition) is 2. The first-order valence-corrected chi connectivity index (χ1v) is 7.72. The molecule has 110 valence electrons. The zero-order valence-electron chi connectivity index (χ0n) is 12.2. The Morgan fingerprint density at radius 3 is 2.95 bits per heavy atom. The van der Waals surface area contributed by atoms with Crippen molar-refractivity contribution in [2.45, 2.75) is 56.5 Å². The number of amides is 1. The number of aryl methyl sites for hydroxylation is 1. The lowest BCUT2D eigenvalue weighted by molar-refractivity contribution is 0.0883. The third kappa shape index (κ3) is 2.73. The van der Waals surface area contributed by atoms with Crippen molar-refractivity contribution in [3.05, 3.63) is 18.0 Å². The van der Waals surface area contributed by atoms with Gasteiger partial charge in [-0.2, -0.15) is 5.10 Å². The number of nitrogens with zero attached hydrogens (tertiary/aromatic N) is 2. The molecule has 2 fully saturated rings. The minimum atomic E-state index is 0.00265. The summed E-state index contributed by atoms with van der Waals surface area (Å²) in [7, 11) is 1.81. The van der Waals surface area contributed by atoms with Gasteiger partial charge in [0.1, 0.15) is 5.69 Å². The van der Waals surface area contributed by atoms with Gasteiger partial charge < -0.3 is 10.6 Å². The Bertz CT molecular complexity index is 470. The summed E-state index contributed by atoms with van der Waals surface area (Å²) < 4.78 is 1.63. The minimum absolute atomic E-state index is 0.00265. The predicted octanol–water partition coefficient (Wildman–Crippen LogP) is 1.60. The van der Waals surface area contributed by atoms with Gasteiger partial charge in [-0.05, 0) is 38.3 Å². The maximum Gasteiger partial charge on any atom is 0.269 e. The zero-order chi connectivity index (χ0) is 14.0. The van der Waals surface area contributed by atoms with E-state index in [2.05, 4.69) is 15.7 Å². The van der Waals surface area contributed by atoms with Gasteiger partial charge in [-0.15, -0.1) is 0 Å². The van der Waals surface area contributed by atoms with Crippen LogP contribution in [0.1, 0.15) is 55.4 Å². The molecule has 1 aromatic rings. The van der Waals surface area contributed by atoms with E-state index in [0.717, 1.165) is 19.4 Å². The Hall–Kier alpha value is -1.36. The second-order valence-electron chi connectivity index (χ2n) is 6.27. The van der Waals surface area contributed by atoms with Crippen molar-refractivity contribution in [1.29, 1.82) is 0 Å². The van der Waals surface area contributed by atoms with Crippen molar-refractivity contribution in [3.8, 4) is 0 Å². The average Bonchev–Trinajstić information content (AvgIpc) is 2.86. The molecule has 1 saturated heterocycles. The lowest BCUT2D eigenvalue weighted by atomic mass is 9.75. The Balaban J connectivity index is 1.63. The fourth-order valence-electron chi connectivity index (χ4n) is 3.75. The lowest BCUT2D eigenvalue weighted by Crippen LogP contribution is -2.57. The SMILES string of the molecule is Cn1nccc1C(=O)NC1CCNC2(CCCCC2)C1. The highest BCUT2D eigenvalue weighted by Crippen LogP contribution is 2.34. The molecule has 1 aliphatic heterocycles. The van der Waals surface area contributed by atoms with Crippen molar-refractivity contribution in [2.24, 2.45) is 7.05 Å². The Morgan fingerprint density at radius 1 is 1.45 bits per heavy atom. The number of nitrogens with one attached hydrogen (secondary N) is 2. The van der Waals surface area contributed by atoms with E-state index in [9.17, 15) is 4.79 Å². The van der Waals surface area contributed by atoms with E-state index in [1.165, 1.54) is 32.1 Å². The van der Waals surface area contributed by atoms with Gasteiger partial charge >= 0.3 is 0 Å². The highest BCUT2D eigenvalue weighted by Gasteiger charge is 2.37. The number of carbonyl (C=O) groups excluding carboxylic acids is 1. The van der Waals surface area contributed by atoms with E-state index >= 15 is 0 Å². The van der Waals surface area contributed by atoms with Crippen molar-refractivity contribution in [1.82, 2.24) is 20.4 Å². The predicted molar refractivity (Wildman–Crippen MR) is 77.5 cm³/mol. The van der Waals surface area contributed by atoms with Crippen LogP contribution in [0.5, 0.6) is 0 Å². The smallest absolute Gasteiger partial charge is 0.269 e. The number of piperidine rings is 1. The van der Waals surface area contributed by atoms with E-state index in [4.69, 9.17) is 0 Å². The topological polar surface area (TPSA) is 59.0 Å². The number of aromatic nitrogens is 2. The molecule has 1 unspecified atom stereocenters. The van der Waals surface area contributed by atoms with Gasteiger partial charge in [-0.1, -0.05) is 19.3 Å². The Kier molecular flexibility index (Phi) is 3.78. The summed E-state index contributed by atoms with van der Waals surface area (Å²) in [4.78, 5) is 12.3. The van der Waals surface area contributed by atoms with Gasteiger partial charge in [-0.25, -0.2) is 0 Å². The van der Waals surface area contributed by atoms with Gasteiger partial charge in [0.25, 0.3) is 5.91 Å². The van der Waals surface area contributed by atoms with E-state index in [0.29, 0.717) is 5.69 Å². The Morgan fingerprint density at radius 2 is 2.25 bits per heavy atom. The quantitative estimate of drug-likeness (QED) is 0.862. The molecule has 1 spiro atoms. The molecule has 0 radical (unpaired) electrons. The minimum Gasteiger partial charge on any atom is -0.348 e. The summed E-state index contributed by atoms with van der Waals surface area (Å²) in [6.07, 6.45) is 10.2. The summed E-state index contributed by atoms with van der Waals surface area (Å²) in [6.45, 7) is 1.01. The second kappa shape index (κ2) is 5.56. The fourth-order valence-corrected chi connectivity index (χ4v) is 3.75. The highest BCUT2D eigenvalue weighted by atomic mass is 16.2. The van der Waals surface area contributed by atoms with Crippen LogP contribution in [0.4, 0.5) is 0 Å². The molecule has 5 heteroatoms. The first-order valence-electron chi connectivity index (χ1n) is 7.72. The summed E-state index contributed by atoms with van der Waals surface area (Å²) in [5.41, 5.74) is 0.919. The first-order chi connectivity index (χ1) is 9.69. The standard InChI is InChI=1S/C15H24N4O/c1-19-13(6-10-17-19)14(20)18-12-5-9-16-15(11-12)7-3-2-4-8-15/h6,10,12,16H,2-5,7-9,11H2,1H3,(H,18,20). The molecule has 5 nitrogen and oxygen atoms in total. The molecule has 2 N–H and O–H groups in total. The lowest BCUT2D eigenvalue weighted by Gasteiger charge is -2.44. The molecular formula is C15H24N4O. The molecular weight excluding hydrogens is 252 g/mol. The van der Waals surface area contributed by atoms with Crippen LogP contribution in [0.2, 0.25) is 0 Å². The van der Waals surface area contributed by atoms with Gasteiger partial charge in [-0.3, -0.25) is 9.48 Å². The molecule has 1 aromatic heterocycles. The van der Waals surface area contributed by atoms with Gasteiger partial charge in [0, 0.05) is 24.8 Å². The van der Waals surface area contributed by atoms with Crippen LogP contribution in [0.15, 0.2) is 12.3 Å². The molecule has 0 aromatic carbocycles. The molecule has 1 saturated carbocycles. The van der Waals surface area contributed by atoms with E-state index in [1.807, 2.05) is 0 Å². The van der Waals surface area contributed by atoms with Crippen molar-refractivity contribution >= 4 is 5.91 Å². The maximum atomic E-state index is 12.3. The summed E-state index contributed by atoms with van der Waals surface area (Å²) in [5.74, 6) is 0.00265. The highest BCUT2D eigenvalue weighted by molar-refractivity contribution is 5.92. The van der Waals surface area contributed by atoms with Crippen molar-refractivity contribution in [2.75, 3.05) is 6.54 Å². The van der Waals surface area contributed by atoms with Crippen LogP contribution in [-0.2, 0) is 7.05 Å². The van der Waals surface area contributed by atoms with Gasteiger partial charge in [0.15, 0.2) is 0 Å². The average molecular weight is 276 g/mol. The third-order valence-corrected chi connectivity index (χ3v) is 4.83. The van der Waals surface area contributed by atoms with Crippen LogP contribution < -0.4 is 10.6 Å². The van der Waals surface area contributed by atoms with Gasteiger partial charge in [0.05, 0.1) is 0 Å². The molecule has 0 bridgehead atoms. The van der Waals surface area contributed by atoms with Crippen LogP contribution in [0.3, 0.4) is 0 Å². The molecule has 2 aliphatic rings. The van der Waals surface area contributed by atoms with E-state index in [-0.39, 0.29) is 17.5 Å². The number of hydrogen-bond acceptors (Lipinski definition) is 3. The Labute approximate surface area is 120 Å². The molecule has 20 heavy (non-hydrogen) atoms. The van der Waals surface area contributed by atoms with E-state index in [1.54, 1.807) is 24.0 Å². The summed E-state index contributed by atoms with van der Waals surface area (Å²) >= 11 is 0. The zero-order valence-corrected chi connectivity index (χ0v) is 12.2. The van der Waals surface area contributed by atoms with Crippen molar-refractivity contribution < 1.29 is 4.79 Å². The van der Waals surface area contributed by atoms with Crippen LogP contribution in [0.25, 0.3) is 0 Å². The number of carbonyl (C=O) groups is 1. The van der Waals surface area contributed by atoms with Crippen LogP contribution in [0, 0.1) is 0 Å². The van der Waals surface area contributed by atoms with E-state index < -0.39 is 0 Å². The van der Waals surface area contributed by atoms with Gasteiger partial charge in [0.2, 0.25) is 0 Å². The normalized spacial score (nSPS) is 25.6. The monoisotopic (exact) mass is 276 g/mol. The molecule has 1 atom stereocenters. The third-order valence-electron chi connectivity index (χ3n) is 4.83. The largest absolute Gasteiger partial charge is 0.348 e. The second-order valence-corrected chi connectivity index (χ2v) is 6.27.